The van der Waals surface area contributed by atoms with Gasteiger partial charge in [0.05, 0.1) is 11.5 Å². The van der Waals surface area contributed by atoms with E-state index in [9.17, 15) is 24.8 Å². The number of ether oxygens (including phenoxy) is 4. The van der Waals surface area contributed by atoms with Crippen LogP contribution in [-0.2, 0) is 30.4 Å². The summed E-state index contributed by atoms with van der Waals surface area (Å²) >= 11 is 0. The average Bonchev–Trinajstić information content (AvgIpc) is 2.66. The van der Waals surface area contributed by atoms with Gasteiger partial charge < -0.3 is 24.1 Å². The van der Waals surface area contributed by atoms with Crippen molar-refractivity contribution in [3.63, 3.8) is 0 Å². The van der Waals surface area contributed by atoms with E-state index in [2.05, 4.69) is 0 Å². The third-order valence-electron chi connectivity index (χ3n) is 4.85. The van der Waals surface area contributed by atoms with Gasteiger partial charge in [-0.15, -0.1) is 0 Å². The van der Waals surface area contributed by atoms with Gasteiger partial charge in [-0.25, -0.2) is 0 Å². The van der Waals surface area contributed by atoms with Gasteiger partial charge >= 0.3 is 17.6 Å². The lowest BCUT2D eigenvalue weighted by atomic mass is 9.84. The molecule has 0 radical (unpaired) electrons. The number of carbonyl (C=O) groups excluding carboxylic acids is 2. The van der Waals surface area contributed by atoms with Crippen molar-refractivity contribution < 1.29 is 38.6 Å². The fourth-order valence-corrected chi connectivity index (χ4v) is 3.13. The molecule has 10 nitrogen and oxygen atoms in total. The Hall–Kier alpha value is -2.72. The summed E-state index contributed by atoms with van der Waals surface area (Å²) in [6.45, 7) is 5.66. The lowest BCUT2D eigenvalue weighted by Gasteiger charge is -2.43. The van der Waals surface area contributed by atoms with Gasteiger partial charge in [0.15, 0.2) is 5.75 Å². The minimum Gasteiger partial charge on any atom is -0.463 e. The van der Waals surface area contributed by atoms with Gasteiger partial charge in [-0.1, -0.05) is 19.9 Å². The van der Waals surface area contributed by atoms with Gasteiger partial charge in [0.1, 0.15) is 18.8 Å². The molecule has 1 heterocycles. The number of hydrogen-bond acceptors (Lipinski definition) is 9. The highest BCUT2D eigenvalue weighted by atomic mass is 16.7. The van der Waals surface area contributed by atoms with Crippen molar-refractivity contribution in [2.45, 2.75) is 52.8 Å². The lowest BCUT2D eigenvalue weighted by Crippen LogP contribution is -2.54. The highest BCUT2D eigenvalue weighted by Gasteiger charge is 2.45. The molecule has 1 saturated heterocycles. The molecule has 1 aromatic carbocycles. The van der Waals surface area contributed by atoms with Crippen LogP contribution < -0.4 is 4.74 Å². The zero-order valence-corrected chi connectivity index (χ0v) is 16.7. The van der Waals surface area contributed by atoms with Crippen LogP contribution in [0.25, 0.3) is 0 Å². The molecular weight excluding hydrogens is 386 g/mol. The maximum absolute atomic E-state index is 11.5. The molecule has 1 aliphatic rings. The minimum absolute atomic E-state index is 0.0200. The Morgan fingerprint density at radius 2 is 1.90 bits per heavy atom. The number of rotatable bonds is 7. The van der Waals surface area contributed by atoms with E-state index in [4.69, 9.17) is 18.9 Å². The summed E-state index contributed by atoms with van der Waals surface area (Å²) in [5.41, 5.74) is 0.0661. The Morgan fingerprint density at radius 1 is 1.21 bits per heavy atom. The predicted molar refractivity (Wildman–Crippen MR) is 98.8 cm³/mol. The molecule has 160 valence electrons. The van der Waals surface area contributed by atoms with Crippen LogP contribution in [0.2, 0.25) is 0 Å². The first-order chi connectivity index (χ1) is 13.6. The number of carbonyl (C=O) groups is 2. The fraction of sp³-hybridized carbons (Fsp3) is 0.579. The third-order valence-corrected chi connectivity index (χ3v) is 4.85. The second-order valence-electron chi connectivity index (χ2n) is 6.97. The summed E-state index contributed by atoms with van der Waals surface area (Å²) in [5.74, 6) is -1.58. The van der Waals surface area contributed by atoms with Crippen molar-refractivity contribution in [2.75, 3.05) is 6.61 Å². The largest absolute Gasteiger partial charge is 0.463 e. The van der Waals surface area contributed by atoms with Crippen molar-refractivity contribution in [2.24, 2.45) is 11.8 Å². The van der Waals surface area contributed by atoms with Gasteiger partial charge in [0, 0.05) is 31.7 Å². The number of nitro groups is 1. The quantitative estimate of drug-likeness (QED) is 0.406. The maximum Gasteiger partial charge on any atom is 0.311 e. The Labute approximate surface area is 167 Å². The normalized spacial score (nSPS) is 26.4. The molecule has 0 aliphatic carbocycles. The van der Waals surface area contributed by atoms with Gasteiger partial charge in [0.25, 0.3) is 0 Å². The summed E-state index contributed by atoms with van der Waals surface area (Å²) in [4.78, 5) is 33.5. The molecule has 2 rings (SSSR count). The molecule has 0 bridgehead atoms. The molecule has 0 unspecified atom stereocenters. The number of hydrogen-bond donors (Lipinski definition) is 1. The molecule has 0 saturated carbocycles. The second-order valence-corrected chi connectivity index (χ2v) is 6.97. The van der Waals surface area contributed by atoms with Crippen LogP contribution in [-0.4, -0.2) is 47.1 Å². The van der Waals surface area contributed by atoms with E-state index in [0.717, 1.165) is 0 Å². The monoisotopic (exact) mass is 411 g/mol. The Morgan fingerprint density at radius 3 is 2.45 bits per heavy atom. The van der Waals surface area contributed by atoms with Crippen molar-refractivity contribution in [3.05, 3.63) is 33.9 Å². The topological polar surface area (TPSA) is 134 Å². The Bertz CT molecular complexity index is 766. The molecule has 29 heavy (non-hydrogen) atoms. The lowest BCUT2D eigenvalue weighted by molar-refractivity contribution is -0.387. The molecule has 1 N–H and O–H groups in total. The molecule has 10 heteroatoms. The van der Waals surface area contributed by atoms with E-state index in [1.807, 2.05) is 13.8 Å². The van der Waals surface area contributed by atoms with Gasteiger partial charge in [-0.05, 0) is 11.6 Å². The first-order valence-electron chi connectivity index (χ1n) is 9.14. The predicted octanol–water partition coefficient (Wildman–Crippen LogP) is 1.96. The summed E-state index contributed by atoms with van der Waals surface area (Å²) in [6, 6.07) is 4.13. The van der Waals surface area contributed by atoms with E-state index in [1.165, 1.54) is 32.0 Å². The Balaban J connectivity index is 2.27. The van der Waals surface area contributed by atoms with Crippen LogP contribution in [0.4, 0.5) is 5.69 Å². The summed E-state index contributed by atoms with van der Waals surface area (Å²) in [6.07, 6.45) is -2.38. The molecule has 5 atom stereocenters. The van der Waals surface area contributed by atoms with E-state index >= 15 is 0 Å². The minimum atomic E-state index is -0.906. The van der Waals surface area contributed by atoms with Gasteiger partial charge in [0.2, 0.25) is 6.29 Å². The standard InChI is InChI=1S/C19H25NO9/c1-10-11(2)19(28-16-6-5-14(8-21)7-15(16)20(24)25)29-17(9-26-12(3)22)18(10)27-13(4)23/h5-7,10-11,17-19,21H,8-9H2,1-4H3/t10-,11-,17-,18-,19-/m1/s1. The molecular formula is C19H25NO9. The Kier molecular flexibility index (Phi) is 7.52. The highest BCUT2D eigenvalue weighted by molar-refractivity contribution is 5.66. The van der Waals surface area contributed by atoms with Crippen LogP contribution in [0, 0.1) is 22.0 Å². The molecule has 1 aliphatic heterocycles. The van der Waals surface area contributed by atoms with Crippen molar-refractivity contribution in [3.8, 4) is 5.75 Å². The van der Waals surface area contributed by atoms with Crippen LogP contribution in [0.3, 0.4) is 0 Å². The summed E-state index contributed by atoms with van der Waals surface area (Å²) in [5, 5.41) is 20.6. The van der Waals surface area contributed by atoms with Gasteiger partial charge in [-0.3, -0.25) is 19.7 Å². The zero-order valence-electron chi connectivity index (χ0n) is 16.7. The van der Waals surface area contributed by atoms with Crippen LogP contribution in [0.1, 0.15) is 33.3 Å². The van der Waals surface area contributed by atoms with Crippen LogP contribution in [0.5, 0.6) is 5.75 Å². The zero-order chi connectivity index (χ0) is 21.7. The summed E-state index contributed by atoms with van der Waals surface area (Å²) in [7, 11) is 0. The number of aliphatic hydroxyl groups is 1. The van der Waals surface area contributed by atoms with Crippen LogP contribution in [0.15, 0.2) is 18.2 Å². The van der Waals surface area contributed by atoms with E-state index in [1.54, 1.807) is 0 Å². The first-order valence-corrected chi connectivity index (χ1v) is 9.14. The van der Waals surface area contributed by atoms with Crippen molar-refractivity contribution in [1.29, 1.82) is 0 Å². The highest BCUT2D eigenvalue weighted by Crippen LogP contribution is 2.37. The maximum atomic E-state index is 11.5. The number of nitrogens with zero attached hydrogens (tertiary/aromatic N) is 1. The smallest absolute Gasteiger partial charge is 0.311 e. The average molecular weight is 411 g/mol. The molecule has 0 spiro atoms. The first kappa shape index (κ1) is 22.6. The molecule has 0 aromatic heterocycles. The van der Waals surface area contributed by atoms with E-state index in [-0.39, 0.29) is 36.5 Å². The molecule has 1 aromatic rings. The van der Waals surface area contributed by atoms with Crippen molar-refractivity contribution in [1.82, 2.24) is 0 Å². The number of esters is 2. The number of aliphatic hydroxyl groups excluding tert-OH is 1. The SMILES string of the molecule is CC(=O)OC[C@H]1O[C@@H](Oc2ccc(CO)cc2[N+](=O)[O-])[C@H](C)[C@@H](C)[C@H]1OC(C)=O. The third kappa shape index (κ3) is 5.64. The second kappa shape index (κ2) is 9.66. The number of benzene rings is 1. The van der Waals surface area contributed by atoms with Gasteiger partial charge in [-0.2, -0.15) is 0 Å². The van der Waals surface area contributed by atoms with E-state index < -0.39 is 35.4 Å². The molecule has 1 fully saturated rings. The van der Waals surface area contributed by atoms with E-state index in [0.29, 0.717) is 5.56 Å². The van der Waals surface area contributed by atoms with Crippen LogP contribution >= 0.6 is 0 Å². The number of nitro benzene ring substituents is 1. The summed E-state index contributed by atoms with van der Waals surface area (Å²) < 4.78 is 22.1. The van der Waals surface area contributed by atoms with Crippen molar-refractivity contribution >= 4 is 17.6 Å². The molecule has 0 amide bonds. The fourth-order valence-electron chi connectivity index (χ4n) is 3.13.